The smallest absolute Gasteiger partial charge is 0.255 e. The van der Waals surface area contributed by atoms with Crippen LogP contribution < -0.4 is 11.1 Å². The first kappa shape index (κ1) is 12.3. The van der Waals surface area contributed by atoms with Crippen molar-refractivity contribution in [2.75, 3.05) is 6.61 Å². The normalized spacial score (nSPS) is 41.2. The molecule has 104 valence electrons. The number of halogens is 1. The van der Waals surface area contributed by atoms with Crippen LogP contribution in [0.25, 0.3) is 0 Å². The van der Waals surface area contributed by atoms with E-state index in [0.29, 0.717) is 0 Å². The molecule has 0 bridgehead atoms. The average molecular weight is 271 g/mol. The molecule has 0 aromatic rings. The number of aliphatic hydroxyl groups is 1. The molecule has 19 heavy (non-hydrogen) atoms. The number of guanidine groups is 1. The first-order valence-corrected chi connectivity index (χ1v) is 5.95. The van der Waals surface area contributed by atoms with Crippen LogP contribution in [0.1, 0.15) is 6.42 Å². The van der Waals surface area contributed by atoms with Gasteiger partial charge in [-0.05, 0) is 0 Å². The fourth-order valence-electron chi connectivity index (χ4n) is 2.45. The Morgan fingerprint density at radius 3 is 3.16 bits per heavy atom. The summed E-state index contributed by atoms with van der Waals surface area (Å²) >= 11 is 0. The van der Waals surface area contributed by atoms with Gasteiger partial charge in [-0.2, -0.15) is 0 Å². The van der Waals surface area contributed by atoms with Gasteiger partial charge < -0.3 is 20.5 Å². The van der Waals surface area contributed by atoms with Crippen molar-refractivity contribution in [2.24, 2.45) is 15.7 Å². The fourth-order valence-corrected chi connectivity index (χ4v) is 2.45. The molecule has 1 saturated heterocycles. The zero-order valence-corrected chi connectivity index (χ0v) is 9.94. The highest BCUT2D eigenvalue weighted by Gasteiger charge is 2.46. The first-order chi connectivity index (χ1) is 9.10. The number of nitrogens with two attached hydrogens (primary N) is 1. The van der Waals surface area contributed by atoms with E-state index in [2.05, 4.69) is 15.3 Å². The van der Waals surface area contributed by atoms with E-state index in [1.54, 1.807) is 4.90 Å². The second-order valence-electron chi connectivity index (χ2n) is 4.64. The number of nitrogens with zero attached hydrogens (tertiary/aromatic N) is 3. The minimum atomic E-state index is -1.25. The molecule has 0 radical (unpaired) electrons. The van der Waals surface area contributed by atoms with Crippen LogP contribution in [-0.4, -0.2) is 65.5 Å². The van der Waals surface area contributed by atoms with Gasteiger partial charge in [0.25, 0.3) is 5.91 Å². The number of fused-ring (bicyclic) bond motifs is 1. The fraction of sp³-hybridized carbons (Fsp3) is 0.700. The molecule has 0 saturated carbocycles. The molecule has 5 atom stereocenters. The number of carbonyl (C=O) groups excluding carboxylic acids is 1. The second-order valence-corrected chi connectivity index (χ2v) is 4.64. The molecule has 0 aliphatic carbocycles. The van der Waals surface area contributed by atoms with Crippen molar-refractivity contribution < 1.29 is 19.0 Å². The largest absolute Gasteiger partial charge is 0.394 e. The van der Waals surface area contributed by atoms with Crippen LogP contribution in [0.5, 0.6) is 0 Å². The van der Waals surface area contributed by atoms with Gasteiger partial charge in [0, 0.05) is 6.42 Å². The molecule has 3 heterocycles. The van der Waals surface area contributed by atoms with Gasteiger partial charge in [0.05, 0.1) is 12.9 Å². The van der Waals surface area contributed by atoms with Crippen molar-refractivity contribution in [1.82, 2.24) is 10.2 Å². The molecule has 8 nitrogen and oxygen atoms in total. The molecule has 1 fully saturated rings. The van der Waals surface area contributed by atoms with Gasteiger partial charge >= 0.3 is 0 Å². The standard InChI is InChI=1S/C10H14FN5O3/c11-4-1-6(19-5(4)2-17)16-3-13-7-8(16)14-10(12)15-9(7)18/h3-8,17H,1-2H2,(H3,12,14,15,18)/t4-,5+,6+,7?,8?/m0/s1. The van der Waals surface area contributed by atoms with Crippen LogP contribution in [0, 0.1) is 0 Å². The Labute approximate surface area is 108 Å². The number of aliphatic hydroxyl groups excluding tert-OH is 1. The summed E-state index contributed by atoms with van der Waals surface area (Å²) in [5, 5.41) is 11.4. The SMILES string of the molecule is NC1=NC2C(N=CN2[C@H]2C[C@H](F)[C@@H](CO)O2)C(=O)N1. The number of hydrogen-bond acceptors (Lipinski definition) is 7. The van der Waals surface area contributed by atoms with Gasteiger partial charge in [-0.3, -0.25) is 15.1 Å². The Morgan fingerprint density at radius 1 is 1.68 bits per heavy atom. The highest BCUT2D eigenvalue weighted by molar-refractivity contribution is 6.02. The molecule has 9 heteroatoms. The lowest BCUT2D eigenvalue weighted by Gasteiger charge is -2.31. The lowest BCUT2D eigenvalue weighted by atomic mass is 10.1. The van der Waals surface area contributed by atoms with Gasteiger partial charge in [0.1, 0.15) is 18.5 Å². The molecular weight excluding hydrogens is 257 g/mol. The van der Waals surface area contributed by atoms with Crippen molar-refractivity contribution in [3.05, 3.63) is 0 Å². The molecule has 3 aliphatic heterocycles. The predicted molar refractivity (Wildman–Crippen MR) is 62.9 cm³/mol. The molecule has 3 rings (SSSR count). The number of nitrogens with one attached hydrogen (secondary N) is 1. The summed E-state index contributed by atoms with van der Waals surface area (Å²) < 4.78 is 19.0. The minimum absolute atomic E-state index is 0.00949. The van der Waals surface area contributed by atoms with Crippen LogP contribution in [0.3, 0.4) is 0 Å². The summed E-state index contributed by atoms with van der Waals surface area (Å²) in [7, 11) is 0. The van der Waals surface area contributed by atoms with Crippen molar-refractivity contribution in [2.45, 2.75) is 37.1 Å². The highest BCUT2D eigenvalue weighted by atomic mass is 19.1. The quantitative estimate of drug-likeness (QED) is 0.533. The number of aliphatic imine (C=N–C) groups is 2. The molecule has 4 N–H and O–H groups in total. The topological polar surface area (TPSA) is 113 Å². The number of alkyl halides is 1. The number of rotatable bonds is 2. The maximum Gasteiger partial charge on any atom is 0.255 e. The van der Waals surface area contributed by atoms with Crippen LogP contribution in [0.15, 0.2) is 9.98 Å². The van der Waals surface area contributed by atoms with Crippen molar-refractivity contribution in [3.63, 3.8) is 0 Å². The van der Waals surface area contributed by atoms with Crippen LogP contribution >= 0.6 is 0 Å². The van der Waals surface area contributed by atoms with E-state index >= 15 is 0 Å². The molecule has 0 aromatic heterocycles. The zero-order chi connectivity index (χ0) is 13.6. The summed E-state index contributed by atoms with van der Waals surface area (Å²) in [6, 6.07) is -0.692. The molecule has 2 unspecified atom stereocenters. The lowest BCUT2D eigenvalue weighted by molar-refractivity contribution is -0.123. The van der Waals surface area contributed by atoms with Crippen molar-refractivity contribution in [1.29, 1.82) is 0 Å². The maximum absolute atomic E-state index is 13.6. The Morgan fingerprint density at radius 2 is 2.47 bits per heavy atom. The van der Waals surface area contributed by atoms with E-state index in [4.69, 9.17) is 15.6 Å². The monoisotopic (exact) mass is 271 g/mol. The van der Waals surface area contributed by atoms with E-state index in [9.17, 15) is 9.18 Å². The summed E-state index contributed by atoms with van der Waals surface area (Å²) in [5.41, 5.74) is 5.50. The number of ether oxygens (including phenoxy) is 1. The maximum atomic E-state index is 13.6. The summed E-state index contributed by atoms with van der Waals surface area (Å²) in [6.07, 6.45) is -1.79. The van der Waals surface area contributed by atoms with Crippen LogP contribution in [0.4, 0.5) is 4.39 Å². The summed E-state index contributed by atoms with van der Waals surface area (Å²) in [6.45, 7) is -0.386. The Hall–Kier alpha value is -1.74. The third-order valence-corrected chi connectivity index (χ3v) is 3.41. The van der Waals surface area contributed by atoms with E-state index in [1.807, 2.05) is 0 Å². The van der Waals surface area contributed by atoms with Gasteiger partial charge in [-0.1, -0.05) is 0 Å². The highest BCUT2D eigenvalue weighted by Crippen LogP contribution is 2.30. The van der Waals surface area contributed by atoms with Crippen LogP contribution in [-0.2, 0) is 9.53 Å². The molecule has 0 spiro atoms. The number of carbonyl (C=O) groups is 1. The van der Waals surface area contributed by atoms with E-state index in [1.165, 1.54) is 6.34 Å². The second kappa shape index (κ2) is 4.42. The molecule has 0 aromatic carbocycles. The lowest BCUT2D eigenvalue weighted by Crippen LogP contribution is -2.55. The Balaban J connectivity index is 1.78. The van der Waals surface area contributed by atoms with Crippen LogP contribution in [0.2, 0.25) is 0 Å². The van der Waals surface area contributed by atoms with Crippen molar-refractivity contribution >= 4 is 18.2 Å². The van der Waals surface area contributed by atoms with E-state index in [0.717, 1.165) is 0 Å². The summed E-state index contributed by atoms with van der Waals surface area (Å²) in [5.74, 6) is -0.333. The Bertz CT molecular complexity index is 456. The molecule has 1 amide bonds. The molecular formula is C10H14FN5O3. The van der Waals surface area contributed by atoms with Crippen molar-refractivity contribution in [3.8, 4) is 0 Å². The predicted octanol–water partition coefficient (Wildman–Crippen LogP) is -2.09. The number of amides is 1. The summed E-state index contributed by atoms with van der Waals surface area (Å²) in [4.78, 5) is 21.4. The first-order valence-electron chi connectivity index (χ1n) is 5.95. The van der Waals surface area contributed by atoms with Gasteiger partial charge in [-0.25, -0.2) is 9.38 Å². The third-order valence-electron chi connectivity index (χ3n) is 3.41. The van der Waals surface area contributed by atoms with E-state index < -0.39 is 30.7 Å². The molecule has 3 aliphatic rings. The third kappa shape index (κ3) is 1.94. The number of hydrogen-bond donors (Lipinski definition) is 3. The average Bonchev–Trinajstić information content (AvgIpc) is 2.92. The van der Waals surface area contributed by atoms with Gasteiger partial charge in [-0.15, -0.1) is 0 Å². The van der Waals surface area contributed by atoms with Gasteiger partial charge in [0.2, 0.25) is 0 Å². The Kier molecular flexibility index (Phi) is 2.86. The zero-order valence-electron chi connectivity index (χ0n) is 9.94. The minimum Gasteiger partial charge on any atom is -0.394 e. The van der Waals surface area contributed by atoms with E-state index in [-0.39, 0.29) is 24.9 Å². The van der Waals surface area contributed by atoms with Gasteiger partial charge in [0.15, 0.2) is 18.2 Å².